The molecule has 0 unspecified atom stereocenters. The van der Waals surface area contributed by atoms with Crippen molar-refractivity contribution in [1.82, 2.24) is 9.13 Å². The van der Waals surface area contributed by atoms with Gasteiger partial charge in [0.1, 0.15) is 5.75 Å². The summed E-state index contributed by atoms with van der Waals surface area (Å²) in [5.74, 6) is 0.106. The summed E-state index contributed by atoms with van der Waals surface area (Å²) in [5, 5.41) is 0. The molecule has 1 aliphatic heterocycles. The second-order valence-electron chi connectivity index (χ2n) is 10.0. The normalized spacial score (nSPS) is 15.3. The first kappa shape index (κ1) is 30.1. The Morgan fingerprint density at radius 3 is 2.42 bits per heavy atom. The van der Waals surface area contributed by atoms with Crippen molar-refractivity contribution in [2.24, 2.45) is 4.99 Å². The molecule has 2 aromatic heterocycles. The fourth-order valence-corrected chi connectivity index (χ4v) is 6.35. The summed E-state index contributed by atoms with van der Waals surface area (Å²) < 4.78 is 54.7. The Bertz CT molecular complexity index is 1910. The van der Waals surface area contributed by atoms with Crippen molar-refractivity contribution in [2.45, 2.75) is 46.8 Å². The molecule has 1 aliphatic rings. The topological polar surface area (TPSA) is 74.8 Å². The number of thiazole rings is 1. The van der Waals surface area contributed by atoms with E-state index in [4.69, 9.17) is 9.47 Å². The van der Waals surface area contributed by atoms with E-state index in [-0.39, 0.29) is 17.7 Å². The minimum Gasteiger partial charge on any atom is -0.494 e. The highest BCUT2D eigenvalue weighted by atomic mass is 32.1. The maximum absolute atomic E-state index is 14.0. The first-order valence-electron chi connectivity index (χ1n) is 13.7. The number of benzene rings is 2. The van der Waals surface area contributed by atoms with Crippen LogP contribution in [0.2, 0.25) is 0 Å². The molecule has 0 radical (unpaired) electrons. The van der Waals surface area contributed by atoms with Crippen molar-refractivity contribution in [3.05, 3.63) is 114 Å². The number of halogens is 3. The smallest absolute Gasteiger partial charge is 0.416 e. The number of nitrogens with zero attached hydrogens (tertiary/aromatic N) is 3. The molecule has 4 aromatic rings. The van der Waals surface area contributed by atoms with Gasteiger partial charge in [-0.15, -0.1) is 0 Å². The van der Waals surface area contributed by atoms with Gasteiger partial charge in [0.25, 0.3) is 5.56 Å². The molecule has 1 atom stereocenters. The molecule has 0 saturated heterocycles. The fourth-order valence-electron chi connectivity index (χ4n) is 5.31. The van der Waals surface area contributed by atoms with E-state index >= 15 is 0 Å². The van der Waals surface area contributed by atoms with Crippen LogP contribution in [0.15, 0.2) is 75.7 Å². The Morgan fingerprint density at radius 2 is 1.77 bits per heavy atom. The maximum atomic E-state index is 14.0. The Labute approximate surface area is 249 Å². The minimum absolute atomic E-state index is 0.164. The quantitative estimate of drug-likeness (QED) is 0.255. The van der Waals surface area contributed by atoms with Crippen LogP contribution in [0.3, 0.4) is 0 Å². The van der Waals surface area contributed by atoms with Crippen LogP contribution in [0, 0.1) is 13.8 Å². The van der Waals surface area contributed by atoms with E-state index < -0.39 is 23.8 Å². The molecular weight excluding hydrogens is 579 g/mol. The van der Waals surface area contributed by atoms with Crippen molar-refractivity contribution in [3.8, 4) is 11.4 Å². The molecule has 11 heteroatoms. The van der Waals surface area contributed by atoms with Crippen LogP contribution in [0.5, 0.6) is 5.75 Å². The van der Waals surface area contributed by atoms with Crippen LogP contribution >= 0.6 is 11.3 Å². The SMILES string of the molecule is CCOC(=O)C1=C(C)N=c2s/c(=C/c3cc(C)n(-c4cccc(C(F)(F)F)c4)c3C)c(=O)n2[C@H]1c1ccc(OCC)cc1. The van der Waals surface area contributed by atoms with Gasteiger partial charge in [0, 0.05) is 17.1 Å². The maximum Gasteiger partial charge on any atom is 0.416 e. The zero-order valence-electron chi connectivity index (χ0n) is 24.3. The zero-order chi connectivity index (χ0) is 31.1. The molecule has 0 fully saturated rings. The van der Waals surface area contributed by atoms with Gasteiger partial charge in [0.05, 0.1) is 40.6 Å². The lowest BCUT2D eigenvalue weighted by atomic mass is 9.96. The molecule has 7 nitrogen and oxygen atoms in total. The lowest BCUT2D eigenvalue weighted by Crippen LogP contribution is -2.39. The predicted octanol–water partition coefficient (Wildman–Crippen LogP) is 5.62. The van der Waals surface area contributed by atoms with Crippen molar-refractivity contribution < 1.29 is 27.4 Å². The van der Waals surface area contributed by atoms with Crippen LogP contribution in [0.1, 0.15) is 54.9 Å². The summed E-state index contributed by atoms with van der Waals surface area (Å²) in [6, 6.07) is 13.4. The van der Waals surface area contributed by atoms with E-state index in [0.717, 1.165) is 12.1 Å². The number of aromatic nitrogens is 2. The monoisotopic (exact) mass is 609 g/mol. The number of hydrogen-bond donors (Lipinski definition) is 0. The molecule has 0 bridgehead atoms. The van der Waals surface area contributed by atoms with Crippen LogP contribution in [-0.2, 0) is 15.7 Å². The van der Waals surface area contributed by atoms with E-state index in [2.05, 4.69) is 4.99 Å². The number of hydrogen-bond acceptors (Lipinski definition) is 6. The van der Waals surface area contributed by atoms with Crippen LogP contribution in [0.4, 0.5) is 13.2 Å². The highest BCUT2D eigenvalue weighted by Crippen LogP contribution is 2.33. The molecule has 3 heterocycles. The highest BCUT2D eigenvalue weighted by molar-refractivity contribution is 7.07. The lowest BCUT2D eigenvalue weighted by molar-refractivity contribution is -0.139. The number of carbonyl (C=O) groups excluding carboxylic acids is 1. The zero-order valence-corrected chi connectivity index (χ0v) is 25.1. The van der Waals surface area contributed by atoms with E-state index in [9.17, 15) is 22.8 Å². The predicted molar refractivity (Wildman–Crippen MR) is 158 cm³/mol. The average molecular weight is 610 g/mol. The van der Waals surface area contributed by atoms with Crippen LogP contribution < -0.4 is 19.6 Å². The van der Waals surface area contributed by atoms with E-state index in [1.807, 2.05) is 25.1 Å². The molecule has 43 heavy (non-hydrogen) atoms. The molecule has 0 amide bonds. The Kier molecular flexibility index (Phi) is 8.20. The van der Waals surface area contributed by atoms with Crippen molar-refractivity contribution in [1.29, 1.82) is 0 Å². The molecule has 0 aliphatic carbocycles. The van der Waals surface area contributed by atoms with Crippen LogP contribution in [0.25, 0.3) is 11.8 Å². The Hall–Kier alpha value is -4.38. The molecule has 5 rings (SSSR count). The first-order chi connectivity index (χ1) is 20.4. The van der Waals surface area contributed by atoms with Gasteiger partial charge in [0.15, 0.2) is 4.80 Å². The first-order valence-corrected chi connectivity index (χ1v) is 14.5. The number of rotatable bonds is 7. The number of aryl methyl sites for hydroxylation is 1. The molecule has 2 aromatic carbocycles. The van der Waals surface area contributed by atoms with Crippen LogP contribution in [-0.4, -0.2) is 28.3 Å². The highest BCUT2D eigenvalue weighted by Gasteiger charge is 2.34. The summed E-state index contributed by atoms with van der Waals surface area (Å²) >= 11 is 1.18. The lowest BCUT2D eigenvalue weighted by Gasteiger charge is -2.24. The Balaban J connectivity index is 1.65. The van der Waals surface area contributed by atoms with Gasteiger partial charge < -0.3 is 14.0 Å². The number of alkyl halides is 3. The summed E-state index contributed by atoms with van der Waals surface area (Å²) in [4.78, 5) is 32.1. The standard InChI is InChI=1S/C32H30F3N3O4S/c1-6-41-25-13-11-21(12-14-25)28-27(30(40)42-7-2)19(4)36-31-38(28)29(39)26(43-31)16-22-15-18(3)37(20(22)5)24-10-8-9-23(17-24)32(33,34)35/h8-17,28H,6-7H2,1-5H3/b26-16+/t28-/m0/s1. The van der Waals surface area contributed by atoms with E-state index in [1.54, 1.807) is 56.5 Å². The second-order valence-corrected chi connectivity index (χ2v) is 11.0. The molecular formula is C32H30F3N3O4S. The van der Waals surface area contributed by atoms with Crippen molar-refractivity contribution >= 4 is 23.4 Å². The molecule has 0 spiro atoms. The minimum atomic E-state index is -4.47. The number of carbonyl (C=O) groups is 1. The third-order valence-corrected chi connectivity index (χ3v) is 8.20. The second kappa shape index (κ2) is 11.7. The van der Waals surface area contributed by atoms with Crippen molar-refractivity contribution in [3.63, 3.8) is 0 Å². The summed E-state index contributed by atoms with van der Waals surface area (Å²) in [7, 11) is 0. The summed E-state index contributed by atoms with van der Waals surface area (Å²) in [6.45, 7) is 9.56. The fraction of sp³-hybridized carbons (Fsp3) is 0.281. The molecule has 0 saturated carbocycles. The van der Waals surface area contributed by atoms with Gasteiger partial charge >= 0.3 is 12.1 Å². The third-order valence-electron chi connectivity index (χ3n) is 7.21. The number of fused-ring (bicyclic) bond motifs is 1. The number of esters is 1. The van der Waals surface area contributed by atoms with Gasteiger partial charge in [-0.05, 0) is 88.2 Å². The van der Waals surface area contributed by atoms with Gasteiger partial charge in [-0.25, -0.2) is 9.79 Å². The summed E-state index contributed by atoms with van der Waals surface area (Å²) in [5.41, 5.74) is 2.76. The molecule has 224 valence electrons. The van der Waals surface area contributed by atoms with Gasteiger partial charge in [-0.3, -0.25) is 9.36 Å². The third kappa shape index (κ3) is 5.69. The number of ether oxygens (including phenoxy) is 2. The average Bonchev–Trinajstić information content (AvgIpc) is 3.41. The van der Waals surface area contributed by atoms with Gasteiger partial charge in [-0.1, -0.05) is 29.5 Å². The van der Waals surface area contributed by atoms with Crippen molar-refractivity contribution in [2.75, 3.05) is 13.2 Å². The largest absolute Gasteiger partial charge is 0.494 e. The van der Waals surface area contributed by atoms with E-state index in [1.165, 1.54) is 22.0 Å². The summed E-state index contributed by atoms with van der Waals surface area (Å²) in [6.07, 6.45) is -2.75. The Morgan fingerprint density at radius 1 is 1.05 bits per heavy atom. The van der Waals surface area contributed by atoms with Gasteiger partial charge in [-0.2, -0.15) is 13.2 Å². The molecule has 0 N–H and O–H groups in total. The van der Waals surface area contributed by atoms with Gasteiger partial charge in [0.2, 0.25) is 0 Å². The number of allylic oxidation sites excluding steroid dienone is 1. The van der Waals surface area contributed by atoms with E-state index in [0.29, 0.717) is 55.6 Å².